The van der Waals surface area contributed by atoms with E-state index in [4.69, 9.17) is 5.73 Å². The van der Waals surface area contributed by atoms with E-state index in [1.54, 1.807) is 12.3 Å². The molecule has 0 spiro atoms. The molecule has 0 atom stereocenters. The standard InChI is InChI=1S/C20H23N5O2/c21-19(26)17-7-4-8-18(23-17)20(27)24-22-13-15-9-11-25(12-10-15)14-16-5-2-1-3-6-16/h1-8,13,15H,9-12,14H2,(H2,21,26)(H,24,27). The van der Waals surface area contributed by atoms with E-state index >= 15 is 0 Å². The first-order chi connectivity index (χ1) is 13.1. The minimum atomic E-state index is -0.671. The average Bonchev–Trinajstić information content (AvgIpc) is 2.70. The van der Waals surface area contributed by atoms with Crippen LogP contribution in [0.25, 0.3) is 0 Å². The molecule has 140 valence electrons. The highest BCUT2D eigenvalue weighted by Gasteiger charge is 2.18. The topological polar surface area (TPSA) is 101 Å². The van der Waals surface area contributed by atoms with Crippen LogP contribution in [0.4, 0.5) is 0 Å². The second-order valence-corrected chi connectivity index (χ2v) is 6.59. The average molecular weight is 365 g/mol. The predicted molar refractivity (Wildman–Crippen MR) is 103 cm³/mol. The molecule has 0 bridgehead atoms. The van der Waals surface area contributed by atoms with Gasteiger partial charge in [-0.3, -0.25) is 14.5 Å². The number of piperidine rings is 1. The molecule has 2 amide bonds. The van der Waals surface area contributed by atoms with Crippen LogP contribution in [0.2, 0.25) is 0 Å². The number of nitrogens with one attached hydrogen (secondary N) is 1. The third-order valence-electron chi connectivity index (χ3n) is 4.57. The Morgan fingerprint density at radius 2 is 1.81 bits per heavy atom. The molecule has 7 nitrogen and oxygen atoms in total. The summed E-state index contributed by atoms with van der Waals surface area (Å²) in [5.41, 5.74) is 9.13. The maximum absolute atomic E-state index is 12.1. The SMILES string of the molecule is NC(=O)c1cccc(C(=O)NN=CC2CCN(Cc3ccccc3)CC2)n1. The van der Waals surface area contributed by atoms with Crippen LogP contribution in [-0.2, 0) is 6.54 Å². The van der Waals surface area contributed by atoms with Crippen molar-refractivity contribution in [3.05, 3.63) is 65.5 Å². The number of benzene rings is 1. The van der Waals surface area contributed by atoms with Crippen LogP contribution in [0.1, 0.15) is 39.4 Å². The van der Waals surface area contributed by atoms with Gasteiger partial charge in [-0.05, 0) is 49.5 Å². The van der Waals surface area contributed by atoms with E-state index < -0.39 is 11.8 Å². The minimum Gasteiger partial charge on any atom is -0.364 e. The molecular weight excluding hydrogens is 342 g/mol. The van der Waals surface area contributed by atoms with Gasteiger partial charge < -0.3 is 5.73 Å². The van der Waals surface area contributed by atoms with Crippen LogP contribution in [0, 0.1) is 5.92 Å². The van der Waals surface area contributed by atoms with Gasteiger partial charge in [-0.25, -0.2) is 10.4 Å². The zero-order valence-electron chi connectivity index (χ0n) is 15.0. The van der Waals surface area contributed by atoms with Gasteiger partial charge in [-0.15, -0.1) is 0 Å². The van der Waals surface area contributed by atoms with Gasteiger partial charge in [-0.2, -0.15) is 5.10 Å². The fourth-order valence-electron chi connectivity index (χ4n) is 3.06. The monoisotopic (exact) mass is 365 g/mol. The molecule has 1 aromatic carbocycles. The number of pyridine rings is 1. The van der Waals surface area contributed by atoms with Gasteiger partial charge in [0.25, 0.3) is 11.8 Å². The van der Waals surface area contributed by atoms with Crippen molar-refractivity contribution in [1.29, 1.82) is 0 Å². The summed E-state index contributed by atoms with van der Waals surface area (Å²) >= 11 is 0. The number of hydrazone groups is 1. The second-order valence-electron chi connectivity index (χ2n) is 6.59. The number of carbonyl (C=O) groups is 2. The van der Waals surface area contributed by atoms with E-state index in [1.165, 1.54) is 17.7 Å². The third kappa shape index (κ3) is 5.46. The number of primary amides is 1. The second kappa shape index (κ2) is 9.05. The van der Waals surface area contributed by atoms with Crippen molar-refractivity contribution < 1.29 is 9.59 Å². The molecular formula is C20H23N5O2. The highest BCUT2D eigenvalue weighted by molar-refractivity contribution is 5.95. The van der Waals surface area contributed by atoms with Gasteiger partial charge >= 0.3 is 0 Å². The first kappa shape index (κ1) is 18.7. The Hall–Kier alpha value is -3.06. The van der Waals surface area contributed by atoms with Crippen LogP contribution in [0.5, 0.6) is 0 Å². The van der Waals surface area contributed by atoms with E-state index in [0.717, 1.165) is 32.5 Å². The normalized spacial score (nSPS) is 15.7. The van der Waals surface area contributed by atoms with Gasteiger partial charge in [0.1, 0.15) is 11.4 Å². The fourth-order valence-corrected chi connectivity index (χ4v) is 3.06. The lowest BCUT2D eigenvalue weighted by Crippen LogP contribution is -2.34. The maximum atomic E-state index is 12.1. The summed E-state index contributed by atoms with van der Waals surface area (Å²) in [7, 11) is 0. The van der Waals surface area contributed by atoms with Crippen molar-refractivity contribution in [3.8, 4) is 0 Å². The lowest BCUT2D eigenvalue weighted by atomic mass is 9.98. The van der Waals surface area contributed by atoms with E-state index in [-0.39, 0.29) is 11.4 Å². The van der Waals surface area contributed by atoms with Gasteiger partial charge in [0.05, 0.1) is 0 Å². The lowest BCUT2D eigenvalue weighted by molar-refractivity contribution is 0.0949. The van der Waals surface area contributed by atoms with Gasteiger partial charge in [-0.1, -0.05) is 36.4 Å². The van der Waals surface area contributed by atoms with Crippen molar-refractivity contribution in [2.75, 3.05) is 13.1 Å². The highest BCUT2D eigenvalue weighted by atomic mass is 16.2. The maximum Gasteiger partial charge on any atom is 0.289 e. The number of hydrogen-bond acceptors (Lipinski definition) is 5. The number of nitrogens with two attached hydrogens (primary N) is 1. The first-order valence-corrected chi connectivity index (χ1v) is 8.98. The van der Waals surface area contributed by atoms with Crippen LogP contribution >= 0.6 is 0 Å². The summed E-state index contributed by atoms with van der Waals surface area (Å²) < 4.78 is 0. The Labute approximate surface area is 158 Å². The van der Waals surface area contributed by atoms with E-state index in [2.05, 4.69) is 44.7 Å². The predicted octanol–water partition coefficient (Wildman–Crippen LogP) is 1.81. The van der Waals surface area contributed by atoms with Gasteiger partial charge in [0.2, 0.25) is 0 Å². The number of nitrogens with zero attached hydrogens (tertiary/aromatic N) is 3. The number of likely N-dealkylation sites (tertiary alicyclic amines) is 1. The zero-order valence-corrected chi connectivity index (χ0v) is 15.0. The summed E-state index contributed by atoms with van der Waals surface area (Å²) in [6, 6.07) is 15.0. The fraction of sp³-hybridized carbons (Fsp3) is 0.300. The molecule has 3 N–H and O–H groups in total. The number of aromatic nitrogens is 1. The summed E-state index contributed by atoms with van der Waals surface area (Å²) in [5, 5.41) is 4.06. The Morgan fingerprint density at radius 1 is 1.11 bits per heavy atom. The molecule has 0 unspecified atom stereocenters. The molecule has 1 aliphatic heterocycles. The molecule has 1 saturated heterocycles. The number of amides is 2. The molecule has 1 fully saturated rings. The van der Waals surface area contributed by atoms with E-state index in [0.29, 0.717) is 5.92 Å². The summed E-state index contributed by atoms with van der Waals surface area (Å²) in [6.45, 7) is 2.97. The quantitative estimate of drug-likeness (QED) is 0.602. The molecule has 2 heterocycles. The molecule has 0 radical (unpaired) electrons. The zero-order chi connectivity index (χ0) is 19.1. The smallest absolute Gasteiger partial charge is 0.289 e. The van der Waals surface area contributed by atoms with Crippen molar-refractivity contribution in [2.45, 2.75) is 19.4 Å². The summed E-state index contributed by atoms with van der Waals surface area (Å²) in [5.74, 6) is -0.798. The van der Waals surface area contributed by atoms with E-state index in [1.807, 2.05) is 6.07 Å². The molecule has 7 heteroatoms. The molecule has 0 aliphatic carbocycles. The van der Waals surface area contributed by atoms with Gasteiger partial charge in [0, 0.05) is 12.8 Å². The highest BCUT2D eigenvalue weighted by Crippen LogP contribution is 2.17. The molecule has 1 aromatic heterocycles. The van der Waals surface area contributed by atoms with Crippen LogP contribution in [-0.4, -0.2) is 41.0 Å². The molecule has 3 rings (SSSR count). The van der Waals surface area contributed by atoms with E-state index in [9.17, 15) is 9.59 Å². The number of hydrogen-bond donors (Lipinski definition) is 2. The first-order valence-electron chi connectivity index (χ1n) is 8.98. The Balaban J connectivity index is 1.45. The van der Waals surface area contributed by atoms with Crippen LogP contribution < -0.4 is 11.2 Å². The van der Waals surface area contributed by atoms with Crippen molar-refractivity contribution >= 4 is 18.0 Å². The molecule has 2 aromatic rings. The number of rotatable bonds is 6. The third-order valence-corrected chi connectivity index (χ3v) is 4.57. The summed E-state index contributed by atoms with van der Waals surface area (Å²) in [6.07, 6.45) is 3.79. The Bertz CT molecular complexity index is 814. The van der Waals surface area contributed by atoms with Crippen LogP contribution in [0.3, 0.4) is 0 Å². The van der Waals surface area contributed by atoms with Crippen LogP contribution in [0.15, 0.2) is 53.6 Å². The van der Waals surface area contributed by atoms with Crippen molar-refractivity contribution in [2.24, 2.45) is 16.8 Å². The Morgan fingerprint density at radius 3 is 2.52 bits per heavy atom. The molecule has 27 heavy (non-hydrogen) atoms. The Kier molecular flexibility index (Phi) is 6.27. The van der Waals surface area contributed by atoms with Gasteiger partial charge in [0.15, 0.2) is 0 Å². The largest absolute Gasteiger partial charge is 0.364 e. The lowest BCUT2D eigenvalue weighted by Gasteiger charge is -2.30. The molecule has 0 saturated carbocycles. The van der Waals surface area contributed by atoms with Crippen molar-refractivity contribution in [3.63, 3.8) is 0 Å². The van der Waals surface area contributed by atoms with Crippen molar-refractivity contribution in [1.82, 2.24) is 15.3 Å². The minimum absolute atomic E-state index is 0.0532. The summed E-state index contributed by atoms with van der Waals surface area (Å²) in [4.78, 5) is 29.5. The molecule has 1 aliphatic rings. The number of carbonyl (C=O) groups excluding carboxylic acids is 2.